The Labute approximate surface area is 143 Å². The van der Waals surface area contributed by atoms with E-state index in [9.17, 15) is 10.2 Å². The van der Waals surface area contributed by atoms with Crippen molar-refractivity contribution in [1.29, 1.82) is 0 Å². The number of aliphatic hydroxyl groups is 2. The molecule has 23 heavy (non-hydrogen) atoms. The van der Waals surface area contributed by atoms with Crippen LogP contribution in [0, 0.1) is 0 Å². The van der Waals surface area contributed by atoms with E-state index in [1.807, 2.05) is 6.08 Å². The van der Waals surface area contributed by atoms with Crippen molar-refractivity contribution >= 4 is 0 Å². The Kier molecular flexibility index (Phi) is 10.8. The van der Waals surface area contributed by atoms with Crippen molar-refractivity contribution in [2.75, 3.05) is 0 Å². The molecule has 0 heterocycles. The van der Waals surface area contributed by atoms with Crippen molar-refractivity contribution in [2.45, 2.75) is 96.0 Å². The van der Waals surface area contributed by atoms with Crippen LogP contribution >= 0.6 is 0 Å². The van der Waals surface area contributed by atoms with Gasteiger partial charge in [0, 0.05) is 6.42 Å². The van der Waals surface area contributed by atoms with Crippen LogP contribution in [0.3, 0.4) is 0 Å². The van der Waals surface area contributed by atoms with Crippen molar-refractivity contribution in [3.63, 3.8) is 0 Å². The zero-order chi connectivity index (χ0) is 16.8. The van der Waals surface area contributed by atoms with Gasteiger partial charge >= 0.3 is 0 Å². The Hall–Kier alpha value is -1.02. The third-order valence-electron chi connectivity index (χ3n) is 4.55. The van der Waals surface area contributed by atoms with E-state index in [0.717, 1.165) is 25.7 Å². The van der Waals surface area contributed by atoms with Crippen LogP contribution in [-0.2, 0) is 0 Å². The molecule has 0 saturated heterocycles. The highest BCUT2D eigenvalue weighted by atomic mass is 16.3. The normalized spacial score (nSPS) is 21.0. The monoisotopic (exact) mass is 320 g/mol. The van der Waals surface area contributed by atoms with Gasteiger partial charge in [-0.15, -0.1) is 0 Å². The number of allylic oxidation sites excluding steroid dienone is 4. The molecule has 1 rings (SSSR count). The molecule has 0 amide bonds. The molecule has 1 aliphatic carbocycles. The summed E-state index contributed by atoms with van der Waals surface area (Å²) in [7, 11) is 0. The minimum Gasteiger partial charge on any atom is -0.512 e. The van der Waals surface area contributed by atoms with Crippen LogP contribution in [0.2, 0.25) is 0 Å². The van der Waals surface area contributed by atoms with Gasteiger partial charge in [0.1, 0.15) is 0 Å². The first kappa shape index (κ1) is 20.0. The minimum atomic E-state index is -0.833. The quantitative estimate of drug-likeness (QED) is 0.305. The second-order valence-electron chi connectivity index (χ2n) is 6.92. The molecular formula is C21H36O2. The highest BCUT2D eigenvalue weighted by Gasteiger charge is 2.26. The molecule has 132 valence electrons. The Bertz CT molecular complexity index is 381. The molecule has 0 aromatic heterocycles. The van der Waals surface area contributed by atoms with E-state index in [-0.39, 0.29) is 5.76 Å². The molecule has 0 fully saturated rings. The Balaban J connectivity index is 1.91. The summed E-state index contributed by atoms with van der Waals surface area (Å²) >= 11 is 0. The highest BCUT2D eigenvalue weighted by molar-refractivity contribution is 5.21. The van der Waals surface area contributed by atoms with Gasteiger partial charge in [-0.3, -0.25) is 0 Å². The first-order chi connectivity index (χ1) is 11.2. The number of hydrogen-bond acceptors (Lipinski definition) is 2. The van der Waals surface area contributed by atoms with Gasteiger partial charge in [-0.2, -0.15) is 0 Å². The van der Waals surface area contributed by atoms with Crippen LogP contribution in [0.5, 0.6) is 0 Å². The Morgan fingerprint density at radius 3 is 2.22 bits per heavy atom. The lowest BCUT2D eigenvalue weighted by atomic mass is 9.88. The molecule has 0 spiro atoms. The average molecular weight is 321 g/mol. The van der Waals surface area contributed by atoms with Gasteiger partial charge in [0.2, 0.25) is 0 Å². The molecule has 1 atom stereocenters. The maximum Gasteiger partial charge on any atom is 0.0954 e. The van der Waals surface area contributed by atoms with Crippen LogP contribution in [0.4, 0.5) is 0 Å². The topological polar surface area (TPSA) is 40.5 Å². The van der Waals surface area contributed by atoms with E-state index >= 15 is 0 Å². The molecule has 0 aromatic rings. The van der Waals surface area contributed by atoms with Gasteiger partial charge in [-0.05, 0) is 44.6 Å². The minimum absolute atomic E-state index is 0.282. The summed E-state index contributed by atoms with van der Waals surface area (Å²) in [6, 6.07) is 0. The third kappa shape index (κ3) is 10.4. The number of hydrogen-bond donors (Lipinski definition) is 2. The van der Waals surface area contributed by atoms with Gasteiger partial charge in [-0.25, -0.2) is 0 Å². The molecule has 0 saturated carbocycles. The lowest BCUT2D eigenvalue weighted by molar-refractivity contribution is 0.0658. The van der Waals surface area contributed by atoms with Gasteiger partial charge in [0.25, 0.3) is 0 Å². The van der Waals surface area contributed by atoms with Gasteiger partial charge in [-0.1, -0.05) is 69.8 Å². The third-order valence-corrected chi connectivity index (χ3v) is 4.55. The summed E-state index contributed by atoms with van der Waals surface area (Å²) in [6.45, 7) is 2.26. The maximum atomic E-state index is 10.3. The molecule has 0 aliphatic heterocycles. The van der Waals surface area contributed by atoms with Gasteiger partial charge in [0.05, 0.1) is 11.4 Å². The second kappa shape index (κ2) is 12.4. The van der Waals surface area contributed by atoms with Gasteiger partial charge < -0.3 is 10.2 Å². The fourth-order valence-electron chi connectivity index (χ4n) is 3.09. The van der Waals surface area contributed by atoms with Crippen molar-refractivity contribution in [3.05, 3.63) is 36.1 Å². The zero-order valence-electron chi connectivity index (χ0n) is 15.0. The van der Waals surface area contributed by atoms with Crippen LogP contribution in [0.15, 0.2) is 36.1 Å². The standard InChI is InChI=1S/C21H36O2/c1-2-3-4-5-6-7-8-9-10-11-12-13-14-17-21(23)18-15-16-20(22)19-21/h10-11,15-16,18,22-23H,2-9,12-14,17,19H2,1H3. The predicted octanol–water partition coefficient (Wildman–Crippen LogP) is 6.38. The summed E-state index contributed by atoms with van der Waals surface area (Å²) in [6.07, 6.45) is 24.9. The number of rotatable bonds is 13. The van der Waals surface area contributed by atoms with Gasteiger partial charge in [0.15, 0.2) is 0 Å². The largest absolute Gasteiger partial charge is 0.512 e. The maximum absolute atomic E-state index is 10.3. The Morgan fingerprint density at radius 1 is 0.957 bits per heavy atom. The van der Waals surface area contributed by atoms with Crippen LogP contribution < -0.4 is 0 Å². The SMILES string of the molecule is CCCCCCCCCC=CCCCCC1(O)C=CC=C(O)C1. The molecule has 0 aromatic carbocycles. The lowest BCUT2D eigenvalue weighted by Crippen LogP contribution is -2.27. The number of unbranched alkanes of at least 4 members (excludes halogenated alkanes) is 9. The van der Waals surface area contributed by atoms with E-state index < -0.39 is 5.60 Å². The van der Waals surface area contributed by atoms with Crippen molar-refractivity contribution in [1.82, 2.24) is 0 Å². The first-order valence-electron chi connectivity index (χ1n) is 9.61. The molecule has 2 nitrogen and oxygen atoms in total. The summed E-state index contributed by atoms with van der Waals surface area (Å²) in [4.78, 5) is 0. The summed E-state index contributed by atoms with van der Waals surface area (Å²) in [5.74, 6) is 0.282. The average Bonchev–Trinajstić information content (AvgIpc) is 2.51. The van der Waals surface area contributed by atoms with Crippen molar-refractivity contribution < 1.29 is 10.2 Å². The van der Waals surface area contributed by atoms with E-state index in [0.29, 0.717) is 6.42 Å². The van der Waals surface area contributed by atoms with E-state index in [4.69, 9.17) is 0 Å². The summed E-state index contributed by atoms with van der Waals surface area (Å²) in [5.41, 5.74) is -0.833. The molecule has 0 radical (unpaired) electrons. The molecule has 1 unspecified atom stereocenters. The predicted molar refractivity (Wildman–Crippen MR) is 99.6 cm³/mol. The smallest absolute Gasteiger partial charge is 0.0954 e. The van der Waals surface area contributed by atoms with E-state index in [1.54, 1.807) is 12.2 Å². The molecule has 0 bridgehead atoms. The van der Waals surface area contributed by atoms with E-state index in [1.165, 1.54) is 51.4 Å². The van der Waals surface area contributed by atoms with Crippen molar-refractivity contribution in [2.24, 2.45) is 0 Å². The summed E-state index contributed by atoms with van der Waals surface area (Å²) in [5, 5.41) is 19.8. The van der Waals surface area contributed by atoms with Crippen LogP contribution in [0.25, 0.3) is 0 Å². The molecular weight excluding hydrogens is 284 g/mol. The zero-order valence-corrected chi connectivity index (χ0v) is 15.0. The molecule has 2 N–H and O–H groups in total. The van der Waals surface area contributed by atoms with E-state index in [2.05, 4.69) is 19.1 Å². The summed E-state index contributed by atoms with van der Waals surface area (Å²) < 4.78 is 0. The second-order valence-corrected chi connectivity index (χ2v) is 6.92. The number of aliphatic hydroxyl groups excluding tert-OH is 1. The fourth-order valence-corrected chi connectivity index (χ4v) is 3.09. The van der Waals surface area contributed by atoms with Crippen molar-refractivity contribution in [3.8, 4) is 0 Å². The Morgan fingerprint density at radius 2 is 1.57 bits per heavy atom. The first-order valence-corrected chi connectivity index (χ1v) is 9.61. The molecule has 2 heteroatoms. The van der Waals surface area contributed by atoms with Crippen LogP contribution in [0.1, 0.15) is 90.4 Å². The molecule has 1 aliphatic rings. The fraction of sp³-hybridized carbons (Fsp3) is 0.714. The highest BCUT2D eigenvalue weighted by Crippen LogP contribution is 2.27. The lowest BCUT2D eigenvalue weighted by Gasteiger charge is -2.26. The van der Waals surface area contributed by atoms with Crippen LogP contribution in [-0.4, -0.2) is 15.8 Å².